The molecule has 1 aliphatic rings. The summed E-state index contributed by atoms with van der Waals surface area (Å²) in [5.41, 5.74) is 1.17. The molecule has 28 heavy (non-hydrogen) atoms. The minimum absolute atomic E-state index is 0.0630. The molecule has 0 bridgehead atoms. The van der Waals surface area contributed by atoms with Gasteiger partial charge in [0.25, 0.3) is 0 Å². The molecule has 0 aromatic heterocycles. The van der Waals surface area contributed by atoms with E-state index < -0.39 is 10.0 Å². The van der Waals surface area contributed by atoms with Crippen LogP contribution in [0.3, 0.4) is 0 Å². The van der Waals surface area contributed by atoms with Gasteiger partial charge >= 0.3 is 0 Å². The van der Waals surface area contributed by atoms with E-state index in [0.717, 1.165) is 19.6 Å². The Labute approximate surface area is 171 Å². The highest BCUT2D eigenvalue weighted by molar-refractivity contribution is 7.89. The largest absolute Gasteiger partial charge is 0.495 e. The van der Waals surface area contributed by atoms with E-state index in [2.05, 4.69) is 21.8 Å². The fraction of sp³-hybridized carbons (Fsp3) is 0.400. The molecule has 1 N–H and O–H groups in total. The Balaban J connectivity index is 1.48. The topological polar surface area (TPSA) is 67.9 Å². The molecule has 2 aromatic carbocycles. The molecule has 0 unspecified atom stereocenters. The second kappa shape index (κ2) is 9.71. The molecule has 1 heterocycles. The first-order chi connectivity index (χ1) is 13.5. The maximum absolute atomic E-state index is 12.4. The van der Waals surface area contributed by atoms with Crippen molar-refractivity contribution in [1.82, 2.24) is 9.62 Å². The van der Waals surface area contributed by atoms with Crippen LogP contribution in [0, 0.1) is 0 Å². The van der Waals surface area contributed by atoms with E-state index in [4.69, 9.17) is 21.1 Å². The summed E-state index contributed by atoms with van der Waals surface area (Å²) in [5.74, 6) is 0.445. The van der Waals surface area contributed by atoms with E-state index in [1.807, 2.05) is 18.2 Å². The summed E-state index contributed by atoms with van der Waals surface area (Å²) in [6.45, 7) is 3.50. The molecule has 0 radical (unpaired) electrons. The van der Waals surface area contributed by atoms with E-state index in [9.17, 15) is 8.42 Å². The van der Waals surface area contributed by atoms with Gasteiger partial charge in [-0.2, -0.15) is 0 Å². The molecule has 1 fully saturated rings. The quantitative estimate of drug-likeness (QED) is 0.659. The van der Waals surface area contributed by atoms with Crippen LogP contribution in [0.4, 0.5) is 0 Å². The zero-order valence-electron chi connectivity index (χ0n) is 15.8. The molecule has 0 spiro atoms. The minimum atomic E-state index is -3.60. The second-order valence-corrected chi connectivity index (χ2v) is 8.79. The van der Waals surface area contributed by atoms with Crippen LogP contribution < -0.4 is 9.46 Å². The summed E-state index contributed by atoms with van der Waals surface area (Å²) in [6, 6.07) is 14.6. The van der Waals surface area contributed by atoms with Crippen LogP contribution in [0.1, 0.15) is 18.1 Å². The van der Waals surface area contributed by atoms with Gasteiger partial charge < -0.3 is 9.47 Å². The van der Waals surface area contributed by atoms with E-state index in [-0.39, 0.29) is 16.0 Å². The lowest BCUT2D eigenvalue weighted by atomic mass is 10.1. The molecule has 6 nitrogen and oxygen atoms in total. The number of morpholine rings is 1. The highest BCUT2D eigenvalue weighted by Gasteiger charge is 2.22. The molecule has 0 aliphatic carbocycles. The van der Waals surface area contributed by atoms with Gasteiger partial charge in [0.05, 0.1) is 29.7 Å². The normalized spacial score (nSPS) is 18.1. The number of rotatable bonds is 8. The fourth-order valence-electron chi connectivity index (χ4n) is 3.18. The van der Waals surface area contributed by atoms with Crippen molar-refractivity contribution in [2.24, 2.45) is 0 Å². The van der Waals surface area contributed by atoms with Crippen LogP contribution in [-0.2, 0) is 14.8 Å². The van der Waals surface area contributed by atoms with Gasteiger partial charge in [0.1, 0.15) is 5.75 Å². The second-order valence-electron chi connectivity index (χ2n) is 6.62. The molecular formula is C20H25ClN2O4S. The minimum Gasteiger partial charge on any atom is -0.495 e. The van der Waals surface area contributed by atoms with E-state index in [1.54, 1.807) is 6.07 Å². The van der Waals surface area contributed by atoms with Gasteiger partial charge in [-0.05, 0) is 36.7 Å². The molecular weight excluding hydrogens is 400 g/mol. The van der Waals surface area contributed by atoms with Crippen molar-refractivity contribution < 1.29 is 17.9 Å². The molecule has 1 atom stereocenters. The number of nitrogens with one attached hydrogen (secondary N) is 1. The van der Waals surface area contributed by atoms with Crippen molar-refractivity contribution in [3.63, 3.8) is 0 Å². The van der Waals surface area contributed by atoms with Gasteiger partial charge in [0, 0.05) is 19.6 Å². The lowest BCUT2D eigenvalue weighted by Crippen LogP contribution is -2.39. The molecule has 3 rings (SSSR count). The molecule has 2 aromatic rings. The van der Waals surface area contributed by atoms with Crippen molar-refractivity contribution >= 4 is 21.6 Å². The average molecular weight is 425 g/mol. The van der Waals surface area contributed by atoms with Gasteiger partial charge in [0.2, 0.25) is 10.0 Å². The molecule has 0 amide bonds. The summed E-state index contributed by atoms with van der Waals surface area (Å²) in [6.07, 6.45) is 0.776. The summed E-state index contributed by atoms with van der Waals surface area (Å²) in [5, 5.41) is 0.269. The van der Waals surface area contributed by atoms with Crippen LogP contribution in [0.25, 0.3) is 0 Å². The first-order valence-electron chi connectivity index (χ1n) is 9.22. The van der Waals surface area contributed by atoms with Crippen molar-refractivity contribution in [1.29, 1.82) is 0 Å². The third-order valence-electron chi connectivity index (χ3n) is 4.70. The number of nitrogens with zero attached hydrogens (tertiary/aromatic N) is 1. The maximum Gasteiger partial charge on any atom is 0.240 e. The number of halogens is 1. The number of hydrogen-bond donors (Lipinski definition) is 1. The molecule has 0 saturated carbocycles. The van der Waals surface area contributed by atoms with E-state index in [1.165, 1.54) is 24.8 Å². The third kappa shape index (κ3) is 5.46. The SMILES string of the molecule is COc1ccc(S(=O)(=O)NCCCN2CCO[C@@H](c3ccccc3)C2)cc1Cl. The first kappa shape index (κ1) is 21.1. The Morgan fingerprint density at radius 3 is 2.75 bits per heavy atom. The van der Waals surface area contributed by atoms with Crippen molar-refractivity contribution in [2.45, 2.75) is 17.4 Å². The average Bonchev–Trinajstić information content (AvgIpc) is 2.72. The van der Waals surface area contributed by atoms with Gasteiger partial charge in [-0.1, -0.05) is 41.9 Å². The van der Waals surface area contributed by atoms with Crippen molar-refractivity contribution in [3.8, 4) is 5.75 Å². The Morgan fingerprint density at radius 2 is 2.04 bits per heavy atom. The van der Waals surface area contributed by atoms with Crippen LogP contribution in [-0.4, -0.2) is 53.2 Å². The summed E-state index contributed by atoms with van der Waals surface area (Å²) in [4.78, 5) is 2.44. The van der Waals surface area contributed by atoms with Crippen molar-refractivity contribution in [2.75, 3.05) is 39.9 Å². The molecule has 1 aliphatic heterocycles. The highest BCUT2D eigenvalue weighted by Crippen LogP contribution is 2.27. The van der Waals surface area contributed by atoms with E-state index >= 15 is 0 Å². The maximum atomic E-state index is 12.4. The number of benzene rings is 2. The predicted octanol–water partition coefficient (Wildman–Crippen LogP) is 3.09. The summed E-state index contributed by atoms with van der Waals surface area (Å²) < 4.78 is 38.4. The number of methoxy groups -OCH3 is 1. The van der Waals surface area contributed by atoms with Crippen LogP contribution >= 0.6 is 11.6 Å². The Morgan fingerprint density at radius 1 is 1.25 bits per heavy atom. The number of ether oxygens (including phenoxy) is 2. The Bertz CT molecular complexity index is 877. The predicted molar refractivity (Wildman–Crippen MR) is 109 cm³/mol. The highest BCUT2D eigenvalue weighted by atomic mass is 35.5. The summed E-state index contributed by atoms with van der Waals surface area (Å²) in [7, 11) is -2.11. The van der Waals surface area contributed by atoms with Crippen LogP contribution in [0.15, 0.2) is 53.4 Å². The van der Waals surface area contributed by atoms with Gasteiger partial charge in [-0.15, -0.1) is 0 Å². The zero-order valence-corrected chi connectivity index (χ0v) is 17.4. The Hall–Kier alpha value is -1.64. The van der Waals surface area contributed by atoms with Crippen LogP contribution in [0.5, 0.6) is 5.75 Å². The first-order valence-corrected chi connectivity index (χ1v) is 11.1. The van der Waals surface area contributed by atoms with Gasteiger partial charge in [-0.3, -0.25) is 4.90 Å². The third-order valence-corrected chi connectivity index (χ3v) is 6.45. The zero-order chi connectivity index (χ0) is 20.0. The monoisotopic (exact) mass is 424 g/mol. The number of sulfonamides is 1. The van der Waals surface area contributed by atoms with Crippen molar-refractivity contribution in [3.05, 3.63) is 59.1 Å². The smallest absolute Gasteiger partial charge is 0.240 e. The standard InChI is InChI=1S/C20H25ClN2O4S/c1-26-19-9-8-17(14-18(19)21)28(24,25)22-10-5-11-23-12-13-27-20(15-23)16-6-3-2-4-7-16/h2-4,6-9,14,20,22H,5,10-13,15H2,1H3/t20-/m1/s1. The summed E-state index contributed by atoms with van der Waals surface area (Å²) >= 11 is 6.03. The van der Waals surface area contributed by atoms with E-state index in [0.29, 0.717) is 25.3 Å². The van der Waals surface area contributed by atoms with Gasteiger partial charge in [-0.25, -0.2) is 13.1 Å². The fourth-order valence-corrected chi connectivity index (χ4v) is 4.60. The Kier molecular flexibility index (Phi) is 7.31. The lowest BCUT2D eigenvalue weighted by Gasteiger charge is -2.33. The van der Waals surface area contributed by atoms with Gasteiger partial charge in [0.15, 0.2) is 0 Å². The van der Waals surface area contributed by atoms with Crippen LogP contribution in [0.2, 0.25) is 5.02 Å². The lowest BCUT2D eigenvalue weighted by molar-refractivity contribution is -0.0300. The number of hydrogen-bond acceptors (Lipinski definition) is 5. The molecule has 8 heteroatoms. The molecule has 152 valence electrons. The molecule has 1 saturated heterocycles.